The van der Waals surface area contributed by atoms with Crippen LogP contribution >= 0.6 is 0 Å². The van der Waals surface area contributed by atoms with Gasteiger partial charge < -0.3 is 21.1 Å². The van der Waals surface area contributed by atoms with Crippen molar-refractivity contribution in [1.82, 2.24) is 0 Å². The largest absolute Gasteiger partial charge is 0.391 e. The van der Waals surface area contributed by atoms with Gasteiger partial charge in [-0.2, -0.15) is 0 Å². The molecule has 1 aliphatic carbocycles. The van der Waals surface area contributed by atoms with E-state index in [1.807, 2.05) is 0 Å². The molecule has 0 amide bonds. The maximum absolute atomic E-state index is 9.08. The van der Waals surface area contributed by atoms with Gasteiger partial charge in [-0.05, 0) is 12.8 Å². The van der Waals surface area contributed by atoms with E-state index in [1.165, 1.54) is 0 Å². The lowest BCUT2D eigenvalue weighted by molar-refractivity contribution is -0.0645. The van der Waals surface area contributed by atoms with E-state index in [-0.39, 0.29) is 0 Å². The van der Waals surface area contributed by atoms with Crippen molar-refractivity contribution in [2.24, 2.45) is 5.73 Å². The van der Waals surface area contributed by atoms with Crippen LogP contribution < -0.4 is 5.73 Å². The Balaban J connectivity index is 2.52. The molecule has 0 aliphatic heterocycles. The predicted molar refractivity (Wildman–Crippen MR) is 35.2 cm³/mol. The predicted octanol–water partition coefficient (Wildman–Crippen LogP) is -1.81. The summed E-state index contributed by atoms with van der Waals surface area (Å²) in [5, 5.41) is 27.2. The Labute approximate surface area is 59.3 Å². The topological polar surface area (TPSA) is 86.7 Å². The molecular weight excluding hydrogens is 134 g/mol. The lowest BCUT2D eigenvalue weighted by Crippen LogP contribution is -2.54. The first-order valence-electron chi connectivity index (χ1n) is 3.42. The minimum atomic E-state index is -0.969. The zero-order valence-corrected chi connectivity index (χ0v) is 5.64. The third-order valence-electron chi connectivity index (χ3n) is 1.99. The Bertz CT molecular complexity index is 106. The quantitative estimate of drug-likeness (QED) is 0.325. The summed E-state index contributed by atoms with van der Waals surface area (Å²) in [6, 6.07) is -0.691. The molecule has 4 heteroatoms. The third-order valence-corrected chi connectivity index (χ3v) is 1.99. The minimum Gasteiger partial charge on any atom is -0.391 e. The maximum Gasteiger partial charge on any atom is 0.0974 e. The van der Waals surface area contributed by atoms with E-state index >= 15 is 0 Å². The highest BCUT2D eigenvalue weighted by molar-refractivity contribution is 4.89. The molecule has 10 heavy (non-hydrogen) atoms. The second-order valence-electron chi connectivity index (χ2n) is 2.78. The SMILES string of the molecule is N[C@H]1[C@@H](O)[C@H](O)CC[C@H]1O. The zero-order chi connectivity index (χ0) is 7.72. The fraction of sp³-hybridized carbons (Fsp3) is 1.00. The molecule has 0 heterocycles. The number of aliphatic hydroxyl groups is 3. The number of rotatable bonds is 0. The summed E-state index contributed by atoms with van der Waals surface area (Å²) in [6.07, 6.45) is -1.50. The van der Waals surface area contributed by atoms with Crippen molar-refractivity contribution in [3.8, 4) is 0 Å². The van der Waals surface area contributed by atoms with Crippen molar-refractivity contribution in [3.05, 3.63) is 0 Å². The molecule has 0 aromatic carbocycles. The Morgan fingerprint density at radius 2 is 1.50 bits per heavy atom. The molecule has 0 radical (unpaired) electrons. The van der Waals surface area contributed by atoms with Gasteiger partial charge in [0.25, 0.3) is 0 Å². The molecule has 0 unspecified atom stereocenters. The molecule has 1 aliphatic rings. The molecule has 4 nitrogen and oxygen atoms in total. The smallest absolute Gasteiger partial charge is 0.0974 e. The molecule has 0 saturated heterocycles. The zero-order valence-electron chi connectivity index (χ0n) is 5.64. The first kappa shape index (κ1) is 7.94. The number of nitrogens with two attached hydrogens (primary N) is 1. The summed E-state index contributed by atoms with van der Waals surface area (Å²) in [5.74, 6) is 0. The molecule has 1 saturated carbocycles. The van der Waals surface area contributed by atoms with Gasteiger partial charge >= 0.3 is 0 Å². The molecule has 1 fully saturated rings. The summed E-state index contributed by atoms with van der Waals surface area (Å²) in [7, 11) is 0. The van der Waals surface area contributed by atoms with E-state index in [4.69, 9.17) is 21.1 Å². The number of hydrogen-bond donors (Lipinski definition) is 4. The Morgan fingerprint density at radius 1 is 1.00 bits per heavy atom. The highest BCUT2D eigenvalue weighted by Gasteiger charge is 2.33. The van der Waals surface area contributed by atoms with Crippen molar-refractivity contribution in [2.75, 3.05) is 0 Å². The molecule has 4 atom stereocenters. The van der Waals surface area contributed by atoms with Gasteiger partial charge in [0, 0.05) is 0 Å². The van der Waals surface area contributed by atoms with Crippen molar-refractivity contribution < 1.29 is 15.3 Å². The van der Waals surface area contributed by atoms with Gasteiger partial charge in [0.1, 0.15) is 0 Å². The minimum absolute atomic E-state index is 0.427. The summed E-state index contributed by atoms with van der Waals surface area (Å²) in [5.41, 5.74) is 5.35. The highest BCUT2D eigenvalue weighted by atomic mass is 16.3. The summed E-state index contributed by atoms with van der Waals surface area (Å²) in [4.78, 5) is 0. The van der Waals surface area contributed by atoms with Crippen molar-refractivity contribution >= 4 is 0 Å². The van der Waals surface area contributed by atoms with Crippen LogP contribution in [0.4, 0.5) is 0 Å². The van der Waals surface area contributed by atoms with Crippen LogP contribution in [-0.4, -0.2) is 39.7 Å². The number of aliphatic hydroxyl groups excluding tert-OH is 3. The van der Waals surface area contributed by atoms with Crippen molar-refractivity contribution in [1.29, 1.82) is 0 Å². The van der Waals surface area contributed by atoms with Crippen LogP contribution in [0.1, 0.15) is 12.8 Å². The Hall–Kier alpha value is -0.160. The van der Waals surface area contributed by atoms with E-state index in [0.29, 0.717) is 12.8 Å². The van der Waals surface area contributed by atoms with Crippen LogP contribution in [0.2, 0.25) is 0 Å². The van der Waals surface area contributed by atoms with E-state index in [2.05, 4.69) is 0 Å². The van der Waals surface area contributed by atoms with E-state index in [1.54, 1.807) is 0 Å². The number of hydrogen-bond acceptors (Lipinski definition) is 4. The van der Waals surface area contributed by atoms with Crippen LogP contribution in [0.15, 0.2) is 0 Å². The van der Waals surface area contributed by atoms with Gasteiger partial charge in [-0.25, -0.2) is 0 Å². The van der Waals surface area contributed by atoms with E-state index < -0.39 is 24.4 Å². The first-order chi connectivity index (χ1) is 4.63. The van der Waals surface area contributed by atoms with Crippen molar-refractivity contribution in [3.63, 3.8) is 0 Å². The molecular formula is C6H13NO3. The Morgan fingerprint density at radius 3 is 2.00 bits per heavy atom. The fourth-order valence-electron chi connectivity index (χ4n) is 1.19. The van der Waals surface area contributed by atoms with Gasteiger partial charge in [0.15, 0.2) is 0 Å². The van der Waals surface area contributed by atoms with Crippen LogP contribution in [0, 0.1) is 0 Å². The van der Waals surface area contributed by atoms with Crippen LogP contribution in [0.25, 0.3) is 0 Å². The molecule has 5 N–H and O–H groups in total. The lowest BCUT2D eigenvalue weighted by atomic mass is 9.88. The monoisotopic (exact) mass is 147 g/mol. The molecule has 0 bridgehead atoms. The molecule has 0 spiro atoms. The molecule has 1 rings (SSSR count). The maximum atomic E-state index is 9.08. The van der Waals surface area contributed by atoms with Crippen LogP contribution in [0.3, 0.4) is 0 Å². The van der Waals surface area contributed by atoms with Gasteiger partial charge in [0.05, 0.1) is 24.4 Å². The first-order valence-corrected chi connectivity index (χ1v) is 3.42. The summed E-state index contributed by atoms with van der Waals surface area (Å²) >= 11 is 0. The summed E-state index contributed by atoms with van der Waals surface area (Å²) in [6.45, 7) is 0. The van der Waals surface area contributed by atoms with Gasteiger partial charge in [-0.3, -0.25) is 0 Å². The highest BCUT2D eigenvalue weighted by Crippen LogP contribution is 2.17. The van der Waals surface area contributed by atoms with Gasteiger partial charge in [-0.1, -0.05) is 0 Å². The van der Waals surface area contributed by atoms with Gasteiger partial charge in [-0.15, -0.1) is 0 Å². The van der Waals surface area contributed by atoms with Crippen LogP contribution in [-0.2, 0) is 0 Å². The molecule has 60 valence electrons. The second-order valence-corrected chi connectivity index (χ2v) is 2.78. The van der Waals surface area contributed by atoms with Gasteiger partial charge in [0.2, 0.25) is 0 Å². The lowest BCUT2D eigenvalue weighted by Gasteiger charge is -2.32. The molecule has 0 aromatic rings. The fourth-order valence-corrected chi connectivity index (χ4v) is 1.19. The standard InChI is InChI=1S/C6H13NO3/c7-5-3(8)1-2-4(9)6(5)10/h3-6,8-10H,1-2,7H2/t3-,4-,5-,6+/m1/s1. The second kappa shape index (κ2) is 2.84. The van der Waals surface area contributed by atoms with E-state index in [0.717, 1.165) is 0 Å². The summed E-state index contributed by atoms with van der Waals surface area (Å²) < 4.78 is 0. The van der Waals surface area contributed by atoms with Crippen LogP contribution in [0.5, 0.6) is 0 Å². The van der Waals surface area contributed by atoms with Crippen molar-refractivity contribution in [2.45, 2.75) is 37.2 Å². The average molecular weight is 147 g/mol. The normalized spacial score (nSPS) is 49.2. The molecule has 0 aromatic heterocycles. The average Bonchev–Trinajstić information content (AvgIpc) is 1.93. The third kappa shape index (κ3) is 1.29. The van der Waals surface area contributed by atoms with E-state index in [9.17, 15) is 0 Å². The Kier molecular flexibility index (Phi) is 2.25.